The van der Waals surface area contributed by atoms with Gasteiger partial charge in [0, 0.05) is 6.54 Å². The van der Waals surface area contributed by atoms with Crippen molar-refractivity contribution in [3.63, 3.8) is 0 Å². The minimum Gasteiger partial charge on any atom is -0.480 e. The molecule has 2 unspecified atom stereocenters. The van der Waals surface area contributed by atoms with Gasteiger partial charge in [-0.25, -0.2) is 9.59 Å². The number of urea groups is 1. The molecule has 0 aliphatic rings. The predicted octanol–water partition coefficient (Wildman–Crippen LogP) is -0.304. The molecule has 15 heavy (non-hydrogen) atoms. The third-order valence-corrected chi connectivity index (χ3v) is 1.67. The van der Waals surface area contributed by atoms with Crippen LogP contribution in [0.15, 0.2) is 12.7 Å². The molecule has 2 amide bonds. The first-order chi connectivity index (χ1) is 6.99. The van der Waals surface area contributed by atoms with E-state index in [1.807, 2.05) is 0 Å². The van der Waals surface area contributed by atoms with Gasteiger partial charge in [0.1, 0.15) is 0 Å². The first kappa shape index (κ1) is 13.4. The highest BCUT2D eigenvalue weighted by molar-refractivity contribution is 5.82. The van der Waals surface area contributed by atoms with Crippen LogP contribution >= 0.6 is 0 Å². The first-order valence-corrected chi connectivity index (χ1v) is 4.55. The topological polar surface area (TPSA) is 98.7 Å². The van der Waals surface area contributed by atoms with E-state index in [1.165, 1.54) is 6.92 Å². The Balaban J connectivity index is 4.00. The predicted molar refractivity (Wildman–Crippen MR) is 54.5 cm³/mol. The maximum Gasteiger partial charge on any atom is 0.328 e. The molecule has 0 aromatic rings. The second-order valence-electron chi connectivity index (χ2n) is 3.03. The van der Waals surface area contributed by atoms with Crippen molar-refractivity contribution in [1.29, 1.82) is 0 Å². The molecule has 0 saturated heterocycles. The molecular weight excluding hydrogens is 200 g/mol. The molecule has 4 N–H and O–H groups in total. The van der Waals surface area contributed by atoms with E-state index in [1.54, 1.807) is 6.08 Å². The SMILES string of the molecule is C=CCCNC(=O)NC(C(=O)O)C(C)O. The summed E-state index contributed by atoms with van der Waals surface area (Å²) in [7, 11) is 0. The zero-order chi connectivity index (χ0) is 11.8. The summed E-state index contributed by atoms with van der Waals surface area (Å²) in [6.07, 6.45) is 1.08. The van der Waals surface area contributed by atoms with Gasteiger partial charge in [0.05, 0.1) is 6.10 Å². The molecule has 0 spiro atoms. The van der Waals surface area contributed by atoms with Crippen LogP contribution in [0.4, 0.5) is 4.79 Å². The molecule has 0 saturated carbocycles. The fraction of sp³-hybridized carbons (Fsp3) is 0.556. The molecule has 0 aliphatic heterocycles. The Morgan fingerprint density at radius 3 is 2.53 bits per heavy atom. The summed E-state index contributed by atoms with van der Waals surface area (Å²) >= 11 is 0. The molecule has 2 atom stereocenters. The Morgan fingerprint density at radius 2 is 2.13 bits per heavy atom. The smallest absolute Gasteiger partial charge is 0.328 e. The van der Waals surface area contributed by atoms with Crippen molar-refractivity contribution in [2.24, 2.45) is 0 Å². The van der Waals surface area contributed by atoms with Gasteiger partial charge in [0.25, 0.3) is 0 Å². The van der Waals surface area contributed by atoms with E-state index in [2.05, 4.69) is 17.2 Å². The molecule has 6 heteroatoms. The Bertz CT molecular complexity index is 240. The lowest BCUT2D eigenvalue weighted by molar-refractivity contribution is -0.141. The van der Waals surface area contributed by atoms with Crippen LogP contribution < -0.4 is 10.6 Å². The van der Waals surface area contributed by atoms with Gasteiger partial charge in [0.15, 0.2) is 6.04 Å². The number of carboxylic acid groups (broad SMARTS) is 1. The zero-order valence-electron chi connectivity index (χ0n) is 8.56. The molecule has 0 aromatic heterocycles. The van der Waals surface area contributed by atoms with E-state index in [4.69, 9.17) is 10.2 Å². The van der Waals surface area contributed by atoms with Gasteiger partial charge in [-0.2, -0.15) is 0 Å². The molecule has 0 bridgehead atoms. The van der Waals surface area contributed by atoms with Crippen molar-refractivity contribution < 1.29 is 19.8 Å². The maximum atomic E-state index is 11.1. The Kier molecular flexibility index (Phi) is 6.12. The second kappa shape index (κ2) is 6.83. The summed E-state index contributed by atoms with van der Waals surface area (Å²) in [5.41, 5.74) is 0. The van der Waals surface area contributed by atoms with E-state index in [-0.39, 0.29) is 0 Å². The van der Waals surface area contributed by atoms with Gasteiger partial charge < -0.3 is 20.8 Å². The van der Waals surface area contributed by atoms with Crippen molar-refractivity contribution in [2.45, 2.75) is 25.5 Å². The average molecular weight is 216 g/mol. The Labute approximate surface area is 88.0 Å². The number of amides is 2. The highest BCUT2D eigenvalue weighted by Crippen LogP contribution is 1.92. The molecule has 0 aliphatic carbocycles. The van der Waals surface area contributed by atoms with Crippen LogP contribution in [0.1, 0.15) is 13.3 Å². The molecule has 6 nitrogen and oxygen atoms in total. The number of aliphatic carboxylic acids is 1. The number of aliphatic hydroxyl groups excluding tert-OH is 1. The highest BCUT2D eigenvalue weighted by atomic mass is 16.4. The van der Waals surface area contributed by atoms with Crippen LogP contribution in [0.5, 0.6) is 0 Å². The molecule has 86 valence electrons. The van der Waals surface area contributed by atoms with E-state index in [9.17, 15) is 9.59 Å². The van der Waals surface area contributed by atoms with Crippen LogP contribution in [0.25, 0.3) is 0 Å². The minimum atomic E-state index is -1.30. The molecular formula is C9H16N2O4. The standard InChI is InChI=1S/C9H16N2O4/c1-3-4-5-10-9(15)11-7(6(2)12)8(13)14/h3,6-7,12H,1,4-5H2,2H3,(H,13,14)(H2,10,11,15). The summed E-state index contributed by atoms with van der Waals surface area (Å²) in [5.74, 6) is -1.27. The number of carboxylic acids is 1. The van der Waals surface area contributed by atoms with Crippen LogP contribution in [0.2, 0.25) is 0 Å². The third kappa shape index (κ3) is 5.69. The van der Waals surface area contributed by atoms with Gasteiger partial charge in [-0.3, -0.25) is 0 Å². The number of hydrogen-bond acceptors (Lipinski definition) is 3. The quantitative estimate of drug-likeness (QED) is 0.362. The molecule has 0 aromatic carbocycles. The fourth-order valence-corrected chi connectivity index (χ4v) is 0.869. The average Bonchev–Trinajstić information content (AvgIpc) is 2.13. The van der Waals surface area contributed by atoms with Crippen LogP contribution in [0, 0.1) is 0 Å². The molecule has 0 radical (unpaired) electrons. The highest BCUT2D eigenvalue weighted by Gasteiger charge is 2.24. The second-order valence-corrected chi connectivity index (χ2v) is 3.03. The third-order valence-electron chi connectivity index (χ3n) is 1.67. The van der Waals surface area contributed by atoms with Crippen molar-refractivity contribution in [2.75, 3.05) is 6.54 Å². The number of nitrogens with one attached hydrogen (secondary N) is 2. The van der Waals surface area contributed by atoms with E-state index in [0.717, 1.165) is 0 Å². The van der Waals surface area contributed by atoms with Crippen molar-refractivity contribution in [3.05, 3.63) is 12.7 Å². The van der Waals surface area contributed by atoms with Gasteiger partial charge in [0.2, 0.25) is 0 Å². The first-order valence-electron chi connectivity index (χ1n) is 4.55. The van der Waals surface area contributed by atoms with E-state index >= 15 is 0 Å². The normalized spacial score (nSPS) is 13.7. The number of carbonyl (C=O) groups excluding carboxylic acids is 1. The van der Waals surface area contributed by atoms with Crippen LogP contribution in [-0.2, 0) is 4.79 Å². The fourth-order valence-electron chi connectivity index (χ4n) is 0.869. The van der Waals surface area contributed by atoms with Crippen molar-refractivity contribution in [1.82, 2.24) is 10.6 Å². The largest absolute Gasteiger partial charge is 0.480 e. The number of aliphatic hydroxyl groups is 1. The summed E-state index contributed by atoms with van der Waals surface area (Å²) in [6, 6.07) is -1.92. The summed E-state index contributed by atoms with van der Waals surface area (Å²) in [6.45, 7) is 5.14. The summed E-state index contributed by atoms with van der Waals surface area (Å²) < 4.78 is 0. The zero-order valence-corrected chi connectivity index (χ0v) is 8.56. The van der Waals surface area contributed by atoms with Gasteiger partial charge in [-0.1, -0.05) is 6.08 Å². The Morgan fingerprint density at radius 1 is 1.53 bits per heavy atom. The maximum absolute atomic E-state index is 11.1. The molecule has 0 rings (SSSR count). The van der Waals surface area contributed by atoms with Gasteiger partial charge >= 0.3 is 12.0 Å². The summed E-state index contributed by atoms with van der Waals surface area (Å²) in [5, 5.41) is 22.3. The summed E-state index contributed by atoms with van der Waals surface area (Å²) in [4.78, 5) is 21.7. The van der Waals surface area contributed by atoms with E-state index < -0.39 is 24.1 Å². The molecule has 0 fully saturated rings. The van der Waals surface area contributed by atoms with Crippen LogP contribution in [-0.4, -0.2) is 40.9 Å². The van der Waals surface area contributed by atoms with Crippen molar-refractivity contribution >= 4 is 12.0 Å². The number of rotatable bonds is 6. The number of hydrogen-bond donors (Lipinski definition) is 4. The van der Waals surface area contributed by atoms with Crippen LogP contribution in [0.3, 0.4) is 0 Å². The monoisotopic (exact) mass is 216 g/mol. The lowest BCUT2D eigenvalue weighted by atomic mass is 10.2. The van der Waals surface area contributed by atoms with E-state index in [0.29, 0.717) is 13.0 Å². The van der Waals surface area contributed by atoms with Gasteiger partial charge in [-0.05, 0) is 13.3 Å². The number of carbonyl (C=O) groups is 2. The minimum absolute atomic E-state index is 0.376. The molecule has 0 heterocycles. The lowest BCUT2D eigenvalue weighted by Gasteiger charge is -2.17. The van der Waals surface area contributed by atoms with Gasteiger partial charge in [-0.15, -0.1) is 6.58 Å². The van der Waals surface area contributed by atoms with Crippen molar-refractivity contribution in [3.8, 4) is 0 Å². The lowest BCUT2D eigenvalue weighted by Crippen LogP contribution is -2.51. The Hall–Kier alpha value is -1.56.